The number of hydrogen-bond acceptors (Lipinski definition) is 6. The molecule has 32 heavy (non-hydrogen) atoms. The Kier molecular flexibility index (Phi) is 8.40. The summed E-state index contributed by atoms with van der Waals surface area (Å²) in [6, 6.07) is 7.22. The van der Waals surface area contributed by atoms with E-state index in [1.165, 1.54) is 0 Å². The number of carbonyl (C=O) groups is 2. The lowest BCUT2D eigenvalue weighted by Gasteiger charge is -2.54. The van der Waals surface area contributed by atoms with E-state index < -0.39 is 23.3 Å². The van der Waals surface area contributed by atoms with E-state index in [4.69, 9.17) is 25.8 Å². The first-order chi connectivity index (χ1) is 14.9. The third-order valence-corrected chi connectivity index (χ3v) is 6.72. The zero-order chi connectivity index (χ0) is 24.4. The molecule has 1 aliphatic heterocycles. The lowest BCUT2D eigenvalue weighted by molar-refractivity contribution is -0.165. The van der Waals surface area contributed by atoms with E-state index in [1.807, 2.05) is 58.7 Å². The van der Waals surface area contributed by atoms with Gasteiger partial charge in [-0.15, -0.1) is 0 Å². The number of halogens is 1. The number of carbonyl (C=O) groups excluding carboxylic acids is 2. The summed E-state index contributed by atoms with van der Waals surface area (Å²) in [7, 11) is 3.49. The number of likely N-dealkylation sites (N-methyl/N-ethyl adjacent to an activating group) is 1. The SMILES string of the molecule is COC(C)C1(C)C(C(=O)OC(C)C)C(c2ccc(Cl)cc2)C(C(=O)OC(C)C)=C(C)N1C. The van der Waals surface area contributed by atoms with Gasteiger partial charge in [-0.3, -0.25) is 4.79 Å². The maximum absolute atomic E-state index is 13.6. The molecule has 2 rings (SSSR count). The fourth-order valence-corrected chi connectivity index (χ4v) is 4.63. The largest absolute Gasteiger partial charge is 0.463 e. The highest BCUT2D eigenvalue weighted by atomic mass is 35.5. The first-order valence-corrected chi connectivity index (χ1v) is 11.4. The van der Waals surface area contributed by atoms with Crippen LogP contribution in [0.3, 0.4) is 0 Å². The van der Waals surface area contributed by atoms with Crippen LogP contribution in [0, 0.1) is 5.92 Å². The lowest BCUT2D eigenvalue weighted by Crippen LogP contribution is -2.64. The third kappa shape index (κ3) is 4.96. The van der Waals surface area contributed by atoms with Crippen molar-refractivity contribution >= 4 is 23.5 Å². The van der Waals surface area contributed by atoms with Crippen molar-refractivity contribution in [2.75, 3.05) is 14.2 Å². The Bertz CT molecular complexity index is 864. The number of methoxy groups -OCH3 is 1. The molecule has 0 spiro atoms. The highest BCUT2D eigenvalue weighted by Gasteiger charge is 2.57. The van der Waals surface area contributed by atoms with Gasteiger partial charge in [-0.1, -0.05) is 23.7 Å². The predicted molar refractivity (Wildman–Crippen MR) is 125 cm³/mol. The number of nitrogens with zero attached hydrogens (tertiary/aromatic N) is 1. The summed E-state index contributed by atoms with van der Waals surface area (Å²) in [5.74, 6) is -2.16. The monoisotopic (exact) mass is 465 g/mol. The molecule has 6 nitrogen and oxygen atoms in total. The van der Waals surface area contributed by atoms with E-state index in [1.54, 1.807) is 33.1 Å². The molecule has 0 fully saturated rings. The molecule has 1 aromatic carbocycles. The standard InChI is InChI=1S/C25H36ClNO5/c1-14(2)31-23(28)20-16(5)27(8)25(7,17(6)30-9)22(24(29)32-15(3)4)21(20)18-10-12-19(26)13-11-18/h10-15,17,21-22H,1-9H3. The lowest BCUT2D eigenvalue weighted by atomic mass is 9.64. The fourth-order valence-electron chi connectivity index (χ4n) is 4.51. The molecule has 4 unspecified atom stereocenters. The molecule has 1 aromatic rings. The molecule has 0 saturated carbocycles. The number of hydrogen-bond donors (Lipinski definition) is 0. The van der Waals surface area contributed by atoms with Crippen LogP contribution in [0.1, 0.15) is 59.9 Å². The quantitative estimate of drug-likeness (QED) is 0.530. The summed E-state index contributed by atoms with van der Waals surface area (Å²) in [6.45, 7) is 13.0. The minimum Gasteiger partial charge on any atom is -0.463 e. The van der Waals surface area contributed by atoms with Gasteiger partial charge in [-0.2, -0.15) is 0 Å². The van der Waals surface area contributed by atoms with Gasteiger partial charge in [-0.25, -0.2) is 4.79 Å². The van der Waals surface area contributed by atoms with Crippen molar-refractivity contribution < 1.29 is 23.8 Å². The van der Waals surface area contributed by atoms with Crippen molar-refractivity contribution in [2.24, 2.45) is 5.92 Å². The Morgan fingerprint density at radius 1 is 1.03 bits per heavy atom. The molecule has 1 heterocycles. The topological polar surface area (TPSA) is 65.1 Å². The van der Waals surface area contributed by atoms with Gasteiger partial charge in [0, 0.05) is 30.8 Å². The Labute approximate surface area is 196 Å². The molecule has 0 bridgehead atoms. The minimum atomic E-state index is -0.795. The first kappa shape index (κ1) is 26.2. The molecule has 0 saturated heterocycles. The van der Waals surface area contributed by atoms with Crippen LogP contribution >= 0.6 is 11.6 Å². The van der Waals surface area contributed by atoms with Crippen molar-refractivity contribution in [3.63, 3.8) is 0 Å². The van der Waals surface area contributed by atoms with Crippen molar-refractivity contribution in [1.29, 1.82) is 0 Å². The Morgan fingerprint density at radius 2 is 1.56 bits per heavy atom. The van der Waals surface area contributed by atoms with Gasteiger partial charge in [-0.05, 0) is 66.2 Å². The molecule has 4 atom stereocenters. The van der Waals surface area contributed by atoms with Crippen molar-refractivity contribution in [2.45, 2.75) is 78.2 Å². The zero-order valence-corrected chi connectivity index (χ0v) is 21.3. The first-order valence-electron chi connectivity index (χ1n) is 11.0. The van der Waals surface area contributed by atoms with Crippen molar-refractivity contribution in [1.82, 2.24) is 4.90 Å². The molecule has 0 N–H and O–H groups in total. The molecule has 0 radical (unpaired) electrons. The zero-order valence-electron chi connectivity index (χ0n) is 20.6. The fraction of sp³-hybridized carbons (Fsp3) is 0.600. The Morgan fingerprint density at radius 3 is 2.03 bits per heavy atom. The van der Waals surface area contributed by atoms with Gasteiger partial charge < -0.3 is 19.1 Å². The maximum atomic E-state index is 13.6. The van der Waals surface area contributed by atoms with Crippen molar-refractivity contribution in [3.05, 3.63) is 46.1 Å². The summed E-state index contributed by atoms with van der Waals surface area (Å²) in [5.41, 5.74) is 1.17. The highest BCUT2D eigenvalue weighted by molar-refractivity contribution is 6.30. The average molecular weight is 466 g/mol. The second kappa shape index (κ2) is 10.3. The van der Waals surface area contributed by atoms with E-state index >= 15 is 0 Å². The van der Waals surface area contributed by atoms with E-state index in [2.05, 4.69) is 0 Å². The van der Waals surface area contributed by atoms with E-state index in [0.717, 1.165) is 11.3 Å². The molecule has 7 heteroatoms. The number of allylic oxidation sites excluding steroid dienone is 1. The molecule has 0 amide bonds. The van der Waals surface area contributed by atoms with Crippen LogP contribution in [-0.2, 0) is 23.8 Å². The average Bonchev–Trinajstić information content (AvgIpc) is 2.70. The number of ether oxygens (including phenoxy) is 3. The Balaban J connectivity index is 2.86. The molecule has 0 aliphatic carbocycles. The molecule has 1 aliphatic rings. The van der Waals surface area contributed by atoms with Gasteiger partial charge in [0.25, 0.3) is 0 Å². The van der Waals surface area contributed by atoms with Gasteiger partial charge in [0.15, 0.2) is 0 Å². The summed E-state index contributed by atoms with van der Waals surface area (Å²) < 4.78 is 17.1. The van der Waals surface area contributed by atoms with Crippen LogP contribution in [0.5, 0.6) is 0 Å². The van der Waals surface area contributed by atoms with Gasteiger partial charge >= 0.3 is 11.9 Å². The van der Waals surface area contributed by atoms with Gasteiger partial charge in [0.05, 0.1) is 35.3 Å². The molecule has 178 valence electrons. The van der Waals surface area contributed by atoms with Gasteiger partial charge in [0.2, 0.25) is 0 Å². The van der Waals surface area contributed by atoms with Crippen LogP contribution in [0.4, 0.5) is 0 Å². The summed E-state index contributed by atoms with van der Waals surface area (Å²) in [6.07, 6.45) is -0.949. The summed E-state index contributed by atoms with van der Waals surface area (Å²) in [5, 5.41) is 0.572. The van der Waals surface area contributed by atoms with Crippen LogP contribution in [0.25, 0.3) is 0 Å². The van der Waals surface area contributed by atoms with Crippen LogP contribution in [-0.4, -0.2) is 54.8 Å². The number of esters is 2. The Hall–Kier alpha value is -2.05. The van der Waals surface area contributed by atoms with Crippen LogP contribution in [0.15, 0.2) is 35.5 Å². The highest BCUT2D eigenvalue weighted by Crippen LogP contribution is 2.50. The van der Waals surface area contributed by atoms with E-state index in [9.17, 15) is 9.59 Å². The van der Waals surface area contributed by atoms with Gasteiger partial charge in [0.1, 0.15) is 0 Å². The molecule has 0 aromatic heterocycles. The molecular weight excluding hydrogens is 430 g/mol. The maximum Gasteiger partial charge on any atom is 0.336 e. The number of benzene rings is 1. The number of rotatable bonds is 7. The van der Waals surface area contributed by atoms with E-state index in [-0.39, 0.29) is 24.3 Å². The normalized spacial score (nSPS) is 24.7. The third-order valence-electron chi connectivity index (χ3n) is 6.46. The second-order valence-electron chi connectivity index (χ2n) is 9.11. The minimum absolute atomic E-state index is 0.300. The summed E-state index contributed by atoms with van der Waals surface area (Å²) >= 11 is 6.14. The second-order valence-corrected chi connectivity index (χ2v) is 9.54. The van der Waals surface area contributed by atoms with Crippen LogP contribution < -0.4 is 0 Å². The summed E-state index contributed by atoms with van der Waals surface area (Å²) in [4.78, 5) is 28.9. The van der Waals surface area contributed by atoms with Crippen LogP contribution in [0.2, 0.25) is 5.02 Å². The van der Waals surface area contributed by atoms with Crippen molar-refractivity contribution in [3.8, 4) is 0 Å². The molecular formula is C25H36ClNO5. The van der Waals surface area contributed by atoms with E-state index in [0.29, 0.717) is 10.6 Å². The smallest absolute Gasteiger partial charge is 0.336 e. The predicted octanol–water partition coefficient (Wildman–Crippen LogP) is 4.96.